The van der Waals surface area contributed by atoms with Gasteiger partial charge in [-0.3, -0.25) is 14.3 Å². The minimum atomic E-state index is -3.63. The van der Waals surface area contributed by atoms with E-state index in [-0.39, 0.29) is 23.8 Å². The standard InChI is InChI=1S/C24H30N4O4S/c1-16-15-27(24(30)18-7-5-8-18)23-14-20(11-12-22(23)28(16)17(2)29)19-9-6-10-21(13-19)25-33(31,32)26(3)4/h6,9-14,16,18,25H,5,7-8,15H2,1-4H3/t16-/m0/s1. The fourth-order valence-corrected chi connectivity index (χ4v) is 4.98. The first kappa shape index (κ1) is 23.3. The Balaban J connectivity index is 1.74. The Hall–Kier alpha value is -2.91. The maximum absolute atomic E-state index is 13.2. The fraction of sp³-hybridized carbons (Fsp3) is 0.417. The third-order valence-electron chi connectivity index (χ3n) is 6.40. The van der Waals surface area contributed by atoms with E-state index in [4.69, 9.17) is 0 Å². The molecule has 1 saturated carbocycles. The summed E-state index contributed by atoms with van der Waals surface area (Å²) in [5.41, 5.74) is 3.53. The summed E-state index contributed by atoms with van der Waals surface area (Å²) in [6.07, 6.45) is 2.88. The van der Waals surface area contributed by atoms with Gasteiger partial charge in [-0.05, 0) is 55.2 Å². The molecule has 176 valence electrons. The molecule has 0 spiro atoms. The van der Waals surface area contributed by atoms with Crippen LogP contribution in [0.2, 0.25) is 0 Å². The molecule has 2 aliphatic rings. The molecule has 1 fully saturated rings. The summed E-state index contributed by atoms with van der Waals surface area (Å²) in [6, 6.07) is 12.7. The number of benzene rings is 2. The summed E-state index contributed by atoms with van der Waals surface area (Å²) < 4.78 is 28.1. The van der Waals surface area contributed by atoms with Gasteiger partial charge < -0.3 is 9.80 Å². The third-order valence-corrected chi connectivity index (χ3v) is 7.85. The number of nitrogens with zero attached hydrogens (tertiary/aromatic N) is 3. The second-order valence-corrected chi connectivity index (χ2v) is 10.9. The van der Waals surface area contributed by atoms with Gasteiger partial charge in [-0.25, -0.2) is 0 Å². The minimum Gasteiger partial charge on any atom is -0.308 e. The van der Waals surface area contributed by atoms with E-state index in [2.05, 4.69) is 4.72 Å². The molecule has 8 nitrogen and oxygen atoms in total. The van der Waals surface area contributed by atoms with Crippen LogP contribution in [0.5, 0.6) is 0 Å². The highest BCUT2D eigenvalue weighted by molar-refractivity contribution is 7.90. The second-order valence-electron chi connectivity index (χ2n) is 8.99. The largest absolute Gasteiger partial charge is 0.308 e. The van der Waals surface area contributed by atoms with Crippen molar-refractivity contribution in [3.05, 3.63) is 42.5 Å². The molecule has 0 bridgehead atoms. The van der Waals surface area contributed by atoms with Gasteiger partial charge in [-0.15, -0.1) is 0 Å². The number of hydrogen-bond acceptors (Lipinski definition) is 4. The van der Waals surface area contributed by atoms with Gasteiger partial charge in [0.05, 0.1) is 23.1 Å². The van der Waals surface area contributed by atoms with Crippen LogP contribution < -0.4 is 14.5 Å². The van der Waals surface area contributed by atoms with E-state index in [9.17, 15) is 18.0 Å². The van der Waals surface area contributed by atoms with Gasteiger partial charge in [-0.1, -0.05) is 24.6 Å². The molecule has 2 amide bonds. The van der Waals surface area contributed by atoms with E-state index < -0.39 is 10.2 Å². The van der Waals surface area contributed by atoms with Gasteiger partial charge in [0, 0.05) is 33.5 Å². The van der Waals surface area contributed by atoms with Gasteiger partial charge in [-0.2, -0.15) is 12.7 Å². The molecule has 1 heterocycles. The Kier molecular flexibility index (Phi) is 6.20. The molecule has 1 atom stereocenters. The first-order valence-corrected chi connectivity index (χ1v) is 12.6. The minimum absolute atomic E-state index is 0.0429. The van der Waals surface area contributed by atoms with Crippen LogP contribution in [0, 0.1) is 5.92 Å². The molecule has 2 aromatic rings. The molecular formula is C24H30N4O4S. The van der Waals surface area contributed by atoms with Crippen molar-refractivity contribution in [3.8, 4) is 11.1 Å². The summed E-state index contributed by atoms with van der Waals surface area (Å²) in [5.74, 6) is 0.0934. The first-order valence-electron chi connectivity index (χ1n) is 11.1. The number of anilines is 3. The van der Waals surface area contributed by atoms with Crippen LogP contribution in [-0.2, 0) is 19.8 Å². The molecule has 0 saturated heterocycles. The van der Waals surface area contributed by atoms with Crippen LogP contribution in [0.1, 0.15) is 33.1 Å². The smallest absolute Gasteiger partial charge is 0.301 e. The third kappa shape index (κ3) is 4.47. The molecule has 0 aromatic heterocycles. The number of fused-ring (bicyclic) bond motifs is 1. The number of carbonyl (C=O) groups is 2. The Morgan fingerprint density at radius 2 is 1.73 bits per heavy atom. The predicted molar refractivity (Wildman–Crippen MR) is 130 cm³/mol. The molecule has 2 aromatic carbocycles. The predicted octanol–water partition coefficient (Wildman–Crippen LogP) is 3.46. The SMILES string of the molecule is CC(=O)N1c2ccc(-c3cccc(NS(=O)(=O)N(C)C)c3)cc2N(C(=O)C2CCC2)C[C@@H]1C. The van der Waals surface area contributed by atoms with Crippen LogP contribution in [0.4, 0.5) is 17.1 Å². The maximum atomic E-state index is 13.2. The summed E-state index contributed by atoms with van der Waals surface area (Å²) in [6.45, 7) is 3.95. The van der Waals surface area contributed by atoms with E-state index in [1.165, 1.54) is 21.0 Å². The van der Waals surface area contributed by atoms with Crippen molar-refractivity contribution in [1.82, 2.24) is 4.31 Å². The maximum Gasteiger partial charge on any atom is 0.301 e. The van der Waals surface area contributed by atoms with E-state index in [1.54, 1.807) is 23.1 Å². The summed E-state index contributed by atoms with van der Waals surface area (Å²) in [5, 5.41) is 0. The zero-order valence-corrected chi connectivity index (χ0v) is 20.2. The Morgan fingerprint density at radius 3 is 2.33 bits per heavy atom. The lowest BCUT2D eigenvalue weighted by Crippen LogP contribution is -2.53. The Bertz CT molecular complexity index is 1190. The zero-order chi connectivity index (χ0) is 23.9. The highest BCUT2D eigenvalue weighted by Crippen LogP contribution is 2.41. The van der Waals surface area contributed by atoms with Gasteiger partial charge in [0.1, 0.15) is 0 Å². The van der Waals surface area contributed by atoms with Crippen LogP contribution in [0.3, 0.4) is 0 Å². The molecule has 9 heteroatoms. The lowest BCUT2D eigenvalue weighted by Gasteiger charge is -2.43. The van der Waals surface area contributed by atoms with E-state index >= 15 is 0 Å². The van der Waals surface area contributed by atoms with Crippen molar-refractivity contribution >= 4 is 39.1 Å². The molecule has 1 aliphatic heterocycles. The molecule has 0 radical (unpaired) electrons. The highest BCUT2D eigenvalue weighted by atomic mass is 32.2. The quantitative estimate of drug-likeness (QED) is 0.725. The van der Waals surface area contributed by atoms with Crippen molar-refractivity contribution in [2.75, 3.05) is 35.2 Å². The zero-order valence-electron chi connectivity index (χ0n) is 19.4. The van der Waals surface area contributed by atoms with E-state index in [1.807, 2.05) is 36.1 Å². The monoisotopic (exact) mass is 470 g/mol. The van der Waals surface area contributed by atoms with Gasteiger partial charge in [0.2, 0.25) is 11.8 Å². The Labute approximate surface area is 195 Å². The topological polar surface area (TPSA) is 90.0 Å². The molecular weight excluding hydrogens is 440 g/mol. The Morgan fingerprint density at radius 1 is 1.03 bits per heavy atom. The van der Waals surface area contributed by atoms with E-state index in [0.717, 1.165) is 46.1 Å². The lowest BCUT2D eigenvalue weighted by atomic mass is 9.84. The molecule has 1 N–H and O–H groups in total. The number of amides is 2. The first-order chi connectivity index (χ1) is 15.6. The molecule has 1 aliphatic carbocycles. The second kappa shape index (κ2) is 8.79. The highest BCUT2D eigenvalue weighted by Gasteiger charge is 2.37. The lowest BCUT2D eigenvalue weighted by molar-refractivity contribution is -0.125. The number of hydrogen-bond donors (Lipinski definition) is 1. The molecule has 4 rings (SSSR count). The summed E-state index contributed by atoms with van der Waals surface area (Å²) >= 11 is 0. The van der Waals surface area contributed by atoms with Gasteiger partial charge >= 0.3 is 10.2 Å². The number of nitrogens with one attached hydrogen (secondary N) is 1. The average molecular weight is 471 g/mol. The van der Waals surface area contributed by atoms with Crippen LogP contribution in [0.25, 0.3) is 11.1 Å². The summed E-state index contributed by atoms with van der Waals surface area (Å²) in [7, 11) is -0.700. The van der Waals surface area contributed by atoms with E-state index in [0.29, 0.717) is 12.2 Å². The van der Waals surface area contributed by atoms with Crippen LogP contribution >= 0.6 is 0 Å². The van der Waals surface area contributed by atoms with Crippen molar-refractivity contribution in [1.29, 1.82) is 0 Å². The van der Waals surface area contributed by atoms with Crippen molar-refractivity contribution in [2.45, 2.75) is 39.2 Å². The van der Waals surface area contributed by atoms with Crippen molar-refractivity contribution in [3.63, 3.8) is 0 Å². The average Bonchev–Trinajstić information content (AvgIpc) is 2.71. The fourth-order valence-electron chi connectivity index (χ4n) is 4.37. The molecule has 33 heavy (non-hydrogen) atoms. The van der Waals surface area contributed by atoms with Crippen LogP contribution in [0.15, 0.2) is 42.5 Å². The normalized spacial score (nSPS) is 18.6. The van der Waals surface area contributed by atoms with Crippen molar-refractivity contribution < 1.29 is 18.0 Å². The van der Waals surface area contributed by atoms with Gasteiger partial charge in [0.25, 0.3) is 0 Å². The summed E-state index contributed by atoms with van der Waals surface area (Å²) in [4.78, 5) is 29.2. The number of rotatable bonds is 5. The van der Waals surface area contributed by atoms with Crippen LogP contribution in [-0.4, -0.2) is 51.2 Å². The van der Waals surface area contributed by atoms with Crippen molar-refractivity contribution in [2.24, 2.45) is 5.92 Å². The number of carbonyl (C=O) groups excluding carboxylic acids is 2. The molecule has 0 unspecified atom stereocenters. The van der Waals surface area contributed by atoms with Gasteiger partial charge in [0.15, 0.2) is 0 Å².